The van der Waals surface area contributed by atoms with Crippen LogP contribution in [0.15, 0.2) is 30.1 Å². The largest absolute Gasteiger partial charge is 0.416 e. The van der Waals surface area contributed by atoms with Crippen LogP contribution in [0.4, 0.5) is 27.6 Å². The summed E-state index contributed by atoms with van der Waals surface area (Å²) in [5.74, 6) is 0.682. The summed E-state index contributed by atoms with van der Waals surface area (Å²) in [6, 6.07) is 3.92. The van der Waals surface area contributed by atoms with Gasteiger partial charge in [0.2, 0.25) is 6.41 Å². The van der Waals surface area contributed by atoms with Crippen molar-refractivity contribution < 1.29 is 26.7 Å². The van der Waals surface area contributed by atoms with E-state index >= 15 is 0 Å². The monoisotopic (exact) mass is 535 g/mol. The quantitative estimate of drug-likeness (QED) is 0.367. The van der Waals surface area contributed by atoms with Gasteiger partial charge < -0.3 is 20.4 Å². The van der Waals surface area contributed by atoms with Crippen molar-refractivity contribution in [3.05, 3.63) is 41.2 Å². The van der Waals surface area contributed by atoms with Gasteiger partial charge in [-0.3, -0.25) is 14.1 Å². The highest BCUT2D eigenvalue weighted by Crippen LogP contribution is 2.32. The van der Waals surface area contributed by atoms with Crippen LogP contribution >= 0.6 is 0 Å². The maximum atomic E-state index is 13.0. The third-order valence-corrected chi connectivity index (χ3v) is 6.06. The second kappa shape index (κ2) is 17.2. The first-order chi connectivity index (χ1) is 17.7. The Morgan fingerprint density at radius 1 is 1.05 bits per heavy atom. The number of anilines is 1. The van der Waals surface area contributed by atoms with Gasteiger partial charge in [0, 0.05) is 64.1 Å². The number of carbonyl (C=O) groups excluding carboxylic acids is 1. The van der Waals surface area contributed by atoms with Crippen LogP contribution < -0.4 is 10.6 Å². The molecule has 0 spiro atoms. The van der Waals surface area contributed by atoms with Crippen LogP contribution in [0.25, 0.3) is 0 Å². The molecule has 0 aliphatic carbocycles. The lowest BCUT2D eigenvalue weighted by Gasteiger charge is -2.36. The number of piperazine rings is 2. The number of nitrogens with zero attached hydrogens (tertiary/aromatic N) is 3. The van der Waals surface area contributed by atoms with Crippen molar-refractivity contribution in [3.63, 3.8) is 0 Å². The van der Waals surface area contributed by atoms with Gasteiger partial charge in [0.1, 0.15) is 12.5 Å². The lowest BCUT2D eigenvalue weighted by Crippen LogP contribution is -2.46. The number of allylic oxidation sites excluding steroid dienone is 1. The molecule has 2 fully saturated rings. The molecule has 3 rings (SSSR count). The van der Waals surface area contributed by atoms with Crippen LogP contribution in [0, 0.1) is 0 Å². The summed E-state index contributed by atoms with van der Waals surface area (Å²) in [7, 11) is 0.500. The lowest BCUT2D eigenvalue weighted by molar-refractivity contribution is -0.137. The highest BCUT2D eigenvalue weighted by atomic mass is 19.4. The maximum Gasteiger partial charge on any atom is 0.416 e. The highest BCUT2D eigenvalue weighted by molar-refractivity contribution is 5.53. The standard InChI is InChI=1S/C18H23F4N3O.C7H16N2.CH3F/c1-2-3-4-17(25-7-5-24(13-26)6-8-25)23-16-10-14(12-19)9-15(11-16)18(20,21)22;1-7(2)9-5-3-8-4-6-9;1-2/h4,9-11,13,23H,2-3,5-8,12H2,1H3;7-8H,3-6H2,1-2H3;1H3/b17-4-;;. The van der Waals surface area contributed by atoms with E-state index in [0.29, 0.717) is 39.2 Å². The average molecular weight is 536 g/mol. The van der Waals surface area contributed by atoms with Crippen molar-refractivity contribution in [2.24, 2.45) is 0 Å². The van der Waals surface area contributed by atoms with Gasteiger partial charge in [-0.25, -0.2) is 4.39 Å². The number of carbonyl (C=O) groups is 1. The van der Waals surface area contributed by atoms with Crippen LogP contribution in [-0.4, -0.2) is 86.7 Å². The molecule has 0 unspecified atom stereocenters. The molecule has 1 aromatic rings. The highest BCUT2D eigenvalue weighted by Gasteiger charge is 2.31. The van der Waals surface area contributed by atoms with Crippen molar-refractivity contribution in [3.8, 4) is 0 Å². The smallest absolute Gasteiger partial charge is 0.355 e. The Bertz CT molecular complexity index is 805. The molecule has 1 aromatic carbocycles. The molecule has 6 nitrogen and oxygen atoms in total. The molecule has 0 radical (unpaired) electrons. The van der Waals surface area contributed by atoms with Gasteiger partial charge in [-0.05, 0) is 50.1 Å². The molecule has 11 heteroatoms. The van der Waals surface area contributed by atoms with E-state index in [2.05, 4.69) is 29.4 Å². The van der Waals surface area contributed by atoms with Gasteiger partial charge >= 0.3 is 6.18 Å². The summed E-state index contributed by atoms with van der Waals surface area (Å²) < 4.78 is 61.6. The van der Waals surface area contributed by atoms with Gasteiger partial charge in [0.25, 0.3) is 0 Å². The number of hydrogen-bond acceptors (Lipinski definition) is 5. The van der Waals surface area contributed by atoms with Crippen molar-refractivity contribution in [2.75, 3.05) is 64.9 Å². The van der Waals surface area contributed by atoms with Crippen LogP contribution in [0.1, 0.15) is 44.7 Å². The van der Waals surface area contributed by atoms with Crippen molar-refractivity contribution >= 4 is 12.1 Å². The summed E-state index contributed by atoms with van der Waals surface area (Å²) in [4.78, 5) is 17.0. The van der Waals surface area contributed by atoms with Crippen LogP contribution in [0.3, 0.4) is 0 Å². The predicted molar refractivity (Wildman–Crippen MR) is 139 cm³/mol. The summed E-state index contributed by atoms with van der Waals surface area (Å²) in [6.45, 7) is 12.6. The number of benzene rings is 1. The molecular formula is C26H42F5N5O. The fourth-order valence-corrected chi connectivity index (χ4v) is 3.96. The van der Waals surface area contributed by atoms with Gasteiger partial charge in [0.05, 0.1) is 12.7 Å². The third kappa shape index (κ3) is 11.7. The van der Waals surface area contributed by atoms with Crippen molar-refractivity contribution in [2.45, 2.75) is 52.5 Å². The van der Waals surface area contributed by atoms with Crippen LogP contribution in [0.2, 0.25) is 0 Å². The number of halogens is 5. The van der Waals surface area contributed by atoms with Crippen molar-refractivity contribution in [1.82, 2.24) is 20.0 Å². The molecular weight excluding hydrogens is 493 g/mol. The Morgan fingerprint density at radius 2 is 1.68 bits per heavy atom. The Labute approximate surface area is 217 Å². The van der Waals surface area contributed by atoms with E-state index in [-0.39, 0.29) is 11.3 Å². The van der Waals surface area contributed by atoms with Gasteiger partial charge in [0.15, 0.2) is 0 Å². The van der Waals surface area contributed by atoms with E-state index in [9.17, 15) is 26.7 Å². The first-order valence-electron chi connectivity index (χ1n) is 12.7. The first-order valence-corrected chi connectivity index (χ1v) is 12.7. The minimum atomic E-state index is -4.54. The Balaban J connectivity index is 0.000000519. The topological polar surface area (TPSA) is 50.9 Å². The summed E-state index contributed by atoms with van der Waals surface area (Å²) in [5, 5.41) is 6.35. The molecule has 2 heterocycles. The van der Waals surface area contributed by atoms with Crippen molar-refractivity contribution in [1.29, 1.82) is 0 Å². The number of amides is 1. The van der Waals surface area contributed by atoms with E-state index in [1.54, 1.807) is 4.90 Å². The SMILES string of the molecule is CC(C)N1CCNCC1.CCC/C=C(/Nc1cc(CF)cc(C(F)(F)F)c1)N1CCN(C=O)CC1.CF. The molecule has 2 saturated heterocycles. The molecule has 2 aliphatic heterocycles. The van der Waals surface area contributed by atoms with E-state index < -0.39 is 18.4 Å². The fraction of sp³-hybridized carbons (Fsp3) is 0.654. The second-order valence-corrected chi connectivity index (χ2v) is 9.06. The van der Waals surface area contributed by atoms with E-state index in [0.717, 1.165) is 50.5 Å². The Morgan fingerprint density at radius 3 is 2.14 bits per heavy atom. The third-order valence-electron chi connectivity index (χ3n) is 6.06. The number of unbranched alkanes of at least 4 members (excludes halogenated alkanes) is 1. The zero-order chi connectivity index (χ0) is 27.8. The molecule has 2 N–H and O–H groups in total. The molecule has 0 bridgehead atoms. The number of rotatable bonds is 8. The number of alkyl halides is 5. The molecule has 212 valence electrons. The number of nitrogens with one attached hydrogen (secondary N) is 2. The van der Waals surface area contributed by atoms with Gasteiger partial charge in [-0.15, -0.1) is 0 Å². The van der Waals surface area contributed by atoms with E-state index in [4.69, 9.17) is 0 Å². The Hall–Kier alpha value is -2.40. The first kappa shape index (κ1) is 32.6. The maximum absolute atomic E-state index is 13.0. The molecule has 0 saturated carbocycles. The predicted octanol–water partition coefficient (Wildman–Crippen LogP) is 4.89. The summed E-state index contributed by atoms with van der Waals surface area (Å²) in [6.07, 6.45) is -0.181. The van der Waals surface area contributed by atoms with Gasteiger partial charge in [-0.1, -0.05) is 13.3 Å². The molecule has 0 atom stereocenters. The van der Waals surface area contributed by atoms with E-state index in [1.165, 1.54) is 19.2 Å². The minimum absolute atomic E-state index is 0.0251. The summed E-state index contributed by atoms with van der Waals surface area (Å²) >= 11 is 0. The van der Waals surface area contributed by atoms with Crippen LogP contribution in [0.5, 0.6) is 0 Å². The van der Waals surface area contributed by atoms with Gasteiger partial charge in [-0.2, -0.15) is 13.2 Å². The molecule has 2 aliphatic rings. The average Bonchev–Trinajstić information content (AvgIpc) is 2.92. The van der Waals surface area contributed by atoms with Crippen LogP contribution in [-0.2, 0) is 17.6 Å². The zero-order valence-electron chi connectivity index (χ0n) is 22.4. The molecule has 1 amide bonds. The molecule has 37 heavy (non-hydrogen) atoms. The normalized spacial score (nSPS) is 17.0. The minimum Gasteiger partial charge on any atom is -0.355 e. The lowest BCUT2D eigenvalue weighted by atomic mass is 10.1. The fourth-order valence-electron chi connectivity index (χ4n) is 3.96. The zero-order valence-corrected chi connectivity index (χ0v) is 22.4. The Kier molecular flexibility index (Phi) is 15.1. The number of hydrogen-bond donors (Lipinski definition) is 2. The molecule has 0 aromatic heterocycles. The summed E-state index contributed by atoms with van der Waals surface area (Å²) in [5.41, 5.74) is -0.702. The van der Waals surface area contributed by atoms with E-state index in [1.807, 2.05) is 17.9 Å². The second-order valence-electron chi connectivity index (χ2n) is 9.06.